The third kappa shape index (κ3) is 3.43. The molecule has 1 atom stereocenters. The van der Waals surface area contributed by atoms with Gasteiger partial charge in [-0.05, 0) is 64.2 Å². The topological polar surface area (TPSA) is 30.3 Å². The quantitative estimate of drug-likeness (QED) is 0.747. The summed E-state index contributed by atoms with van der Waals surface area (Å²) in [6.07, 6.45) is 6.33. The van der Waals surface area contributed by atoms with Crippen molar-refractivity contribution in [2.45, 2.75) is 45.1 Å². The van der Waals surface area contributed by atoms with Crippen molar-refractivity contribution in [3.05, 3.63) is 0 Å². The molecule has 0 aromatic carbocycles. The number of rotatable bonds is 4. The molecule has 2 rings (SSSR count). The van der Waals surface area contributed by atoms with Crippen LogP contribution < -0.4 is 0 Å². The highest BCUT2D eigenvalue weighted by Gasteiger charge is 2.25. The van der Waals surface area contributed by atoms with Crippen LogP contribution in [0.15, 0.2) is 0 Å². The normalized spacial score (nSPS) is 25.9. The molecule has 3 heteroatoms. The lowest BCUT2D eigenvalue weighted by Gasteiger charge is -2.35. The van der Waals surface area contributed by atoms with Gasteiger partial charge in [0, 0.05) is 6.54 Å². The van der Waals surface area contributed by atoms with E-state index >= 15 is 0 Å². The Morgan fingerprint density at radius 1 is 1.18 bits per heavy atom. The fourth-order valence-corrected chi connectivity index (χ4v) is 3.21. The molecule has 0 N–H and O–H groups in total. The second-order valence-corrected chi connectivity index (χ2v) is 5.54. The van der Waals surface area contributed by atoms with Gasteiger partial charge in [0.1, 0.15) is 0 Å². The lowest BCUT2D eigenvalue weighted by Crippen LogP contribution is -2.42. The molecule has 96 valence electrons. The highest BCUT2D eigenvalue weighted by molar-refractivity contribution is 4.92. The molecule has 2 aliphatic heterocycles. The van der Waals surface area contributed by atoms with Gasteiger partial charge in [-0.15, -0.1) is 0 Å². The van der Waals surface area contributed by atoms with Crippen LogP contribution in [0.2, 0.25) is 0 Å². The van der Waals surface area contributed by atoms with E-state index in [1.165, 1.54) is 45.3 Å². The summed E-state index contributed by atoms with van der Waals surface area (Å²) < 4.78 is 0. The summed E-state index contributed by atoms with van der Waals surface area (Å²) in [5.74, 6) is 0.876. The summed E-state index contributed by atoms with van der Waals surface area (Å²) in [5.41, 5.74) is 0. The SMILES string of the molecule is CCC(C#N)N1CCC(CN2CCCC2)CC1. The molecular weight excluding hydrogens is 210 g/mol. The average Bonchev–Trinajstić information content (AvgIpc) is 2.86. The van der Waals surface area contributed by atoms with E-state index in [1.807, 2.05) is 0 Å². The molecule has 2 aliphatic rings. The maximum absolute atomic E-state index is 9.07. The van der Waals surface area contributed by atoms with Gasteiger partial charge in [0.05, 0.1) is 12.1 Å². The minimum Gasteiger partial charge on any atom is -0.303 e. The highest BCUT2D eigenvalue weighted by atomic mass is 15.2. The molecule has 1 unspecified atom stereocenters. The molecule has 3 nitrogen and oxygen atoms in total. The first-order valence-electron chi connectivity index (χ1n) is 7.19. The van der Waals surface area contributed by atoms with Gasteiger partial charge in [0.15, 0.2) is 0 Å². The zero-order chi connectivity index (χ0) is 12.1. The predicted octanol–water partition coefficient (Wildman–Crippen LogP) is 2.10. The molecule has 0 spiro atoms. The molecule has 0 radical (unpaired) electrons. The van der Waals surface area contributed by atoms with Crippen LogP contribution in [0.4, 0.5) is 0 Å². The van der Waals surface area contributed by atoms with Gasteiger partial charge < -0.3 is 4.90 Å². The van der Waals surface area contributed by atoms with Gasteiger partial charge >= 0.3 is 0 Å². The number of hydrogen-bond donors (Lipinski definition) is 0. The highest BCUT2D eigenvalue weighted by Crippen LogP contribution is 2.22. The average molecular weight is 235 g/mol. The zero-order valence-electron chi connectivity index (χ0n) is 11.1. The van der Waals surface area contributed by atoms with Gasteiger partial charge in [0.2, 0.25) is 0 Å². The summed E-state index contributed by atoms with van der Waals surface area (Å²) in [6.45, 7) is 8.31. The number of hydrogen-bond acceptors (Lipinski definition) is 3. The molecule has 17 heavy (non-hydrogen) atoms. The van der Waals surface area contributed by atoms with Gasteiger partial charge in [-0.3, -0.25) is 4.90 Å². The molecule has 0 aliphatic carbocycles. The summed E-state index contributed by atoms with van der Waals surface area (Å²) in [7, 11) is 0. The maximum Gasteiger partial charge on any atom is 0.0975 e. The van der Waals surface area contributed by atoms with Crippen molar-refractivity contribution in [2.24, 2.45) is 5.92 Å². The third-order valence-electron chi connectivity index (χ3n) is 4.34. The third-order valence-corrected chi connectivity index (χ3v) is 4.34. The zero-order valence-corrected chi connectivity index (χ0v) is 11.1. The summed E-state index contributed by atoms with van der Waals surface area (Å²) in [6, 6.07) is 2.58. The van der Waals surface area contributed by atoms with Crippen LogP contribution in [0.1, 0.15) is 39.0 Å². The second kappa shape index (κ2) is 6.37. The Morgan fingerprint density at radius 3 is 2.35 bits per heavy atom. The molecule has 0 aromatic rings. The van der Waals surface area contributed by atoms with E-state index < -0.39 is 0 Å². The van der Waals surface area contributed by atoms with E-state index in [2.05, 4.69) is 22.8 Å². The van der Waals surface area contributed by atoms with E-state index in [-0.39, 0.29) is 6.04 Å². The molecular formula is C14H25N3. The fraction of sp³-hybridized carbons (Fsp3) is 0.929. The number of nitriles is 1. The number of nitrogens with zero attached hydrogens (tertiary/aromatic N) is 3. The second-order valence-electron chi connectivity index (χ2n) is 5.54. The van der Waals surface area contributed by atoms with Gasteiger partial charge in [0.25, 0.3) is 0 Å². The Balaban J connectivity index is 1.72. The Morgan fingerprint density at radius 2 is 1.82 bits per heavy atom. The molecule has 0 aromatic heterocycles. The van der Waals surface area contributed by atoms with Gasteiger partial charge in [-0.1, -0.05) is 6.92 Å². The fourth-order valence-electron chi connectivity index (χ4n) is 3.21. The largest absolute Gasteiger partial charge is 0.303 e. The standard InChI is InChI=1S/C14H25N3/c1-2-14(11-15)17-9-5-13(6-10-17)12-16-7-3-4-8-16/h13-14H,2-10,12H2,1H3. The minimum absolute atomic E-state index is 0.155. The molecule has 2 fully saturated rings. The van der Waals surface area contributed by atoms with Crippen molar-refractivity contribution in [3.63, 3.8) is 0 Å². The number of piperidine rings is 1. The molecule has 0 amide bonds. The van der Waals surface area contributed by atoms with Crippen LogP contribution in [0.5, 0.6) is 0 Å². The van der Waals surface area contributed by atoms with Crippen molar-refractivity contribution in [1.29, 1.82) is 5.26 Å². The Bertz CT molecular complexity index is 257. The predicted molar refractivity (Wildman–Crippen MR) is 69.7 cm³/mol. The van der Waals surface area contributed by atoms with Gasteiger partial charge in [-0.25, -0.2) is 0 Å². The monoisotopic (exact) mass is 235 g/mol. The van der Waals surface area contributed by atoms with E-state index in [9.17, 15) is 0 Å². The van der Waals surface area contributed by atoms with Crippen LogP contribution in [0.25, 0.3) is 0 Å². The van der Waals surface area contributed by atoms with E-state index in [0.29, 0.717) is 0 Å². The van der Waals surface area contributed by atoms with Crippen LogP contribution in [0, 0.1) is 17.2 Å². The Hall–Kier alpha value is -0.590. The van der Waals surface area contributed by atoms with Crippen LogP contribution in [-0.4, -0.2) is 48.6 Å². The van der Waals surface area contributed by atoms with Crippen molar-refractivity contribution in [1.82, 2.24) is 9.80 Å². The lowest BCUT2D eigenvalue weighted by atomic mass is 9.95. The van der Waals surface area contributed by atoms with Crippen molar-refractivity contribution in [3.8, 4) is 6.07 Å². The first-order chi connectivity index (χ1) is 8.33. The van der Waals surface area contributed by atoms with Crippen molar-refractivity contribution in [2.75, 3.05) is 32.7 Å². The van der Waals surface area contributed by atoms with E-state index in [4.69, 9.17) is 5.26 Å². The summed E-state index contributed by atoms with van der Waals surface area (Å²) >= 11 is 0. The lowest BCUT2D eigenvalue weighted by molar-refractivity contribution is 0.133. The number of likely N-dealkylation sites (tertiary alicyclic amines) is 2. The van der Waals surface area contributed by atoms with Crippen LogP contribution >= 0.6 is 0 Å². The van der Waals surface area contributed by atoms with Crippen molar-refractivity contribution < 1.29 is 0 Å². The van der Waals surface area contributed by atoms with Crippen LogP contribution in [0.3, 0.4) is 0 Å². The molecule has 0 saturated carbocycles. The van der Waals surface area contributed by atoms with E-state index in [1.54, 1.807) is 0 Å². The van der Waals surface area contributed by atoms with Crippen LogP contribution in [-0.2, 0) is 0 Å². The minimum atomic E-state index is 0.155. The van der Waals surface area contributed by atoms with Crippen molar-refractivity contribution >= 4 is 0 Å². The first kappa shape index (κ1) is 12.9. The molecule has 0 bridgehead atoms. The molecule has 2 heterocycles. The van der Waals surface area contributed by atoms with Gasteiger partial charge in [-0.2, -0.15) is 5.26 Å². The first-order valence-corrected chi connectivity index (χ1v) is 7.19. The summed E-state index contributed by atoms with van der Waals surface area (Å²) in [5, 5.41) is 9.07. The summed E-state index contributed by atoms with van der Waals surface area (Å²) in [4.78, 5) is 5.00. The Labute approximate surface area is 105 Å². The maximum atomic E-state index is 9.07. The van der Waals surface area contributed by atoms with E-state index in [0.717, 1.165) is 25.4 Å². The molecule has 2 saturated heterocycles. The smallest absolute Gasteiger partial charge is 0.0975 e. The Kier molecular flexibility index (Phi) is 4.82.